The van der Waals surface area contributed by atoms with Gasteiger partial charge in [-0.15, -0.1) is 0 Å². The minimum Gasteiger partial charge on any atom is -0.494 e. The molecule has 0 atom stereocenters. The van der Waals surface area contributed by atoms with Crippen LogP contribution in [0.5, 0.6) is 5.75 Å². The summed E-state index contributed by atoms with van der Waals surface area (Å²) in [6.07, 6.45) is 4.90. The van der Waals surface area contributed by atoms with Crippen LogP contribution in [-0.2, 0) is 6.54 Å². The molecule has 1 fully saturated rings. The van der Waals surface area contributed by atoms with Crippen molar-refractivity contribution in [3.63, 3.8) is 0 Å². The van der Waals surface area contributed by atoms with E-state index in [-0.39, 0.29) is 0 Å². The van der Waals surface area contributed by atoms with Crippen LogP contribution in [0.2, 0.25) is 0 Å². The van der Waals surface area contributed by atoms with Crippen molar-refractivity contribution in [2.75, 3.05) is 37.3 Å². The summed E-state index contributed by atoms with van der Waals surface area (Å²) >= 11 is 1.12. The second kappa shape index (κ2) is 8.84. The van der Waals surface area contributed by atoms with Gasteiger partial charge in [0.2, 0.25) is 0 Å². The van der Waals surface area contributed by atoms with Crippen LogP contribution >= 0.6 is 11.7 Å². The molecule has 1 aliphatic rings. The van der Waals surface area contributed by atoms with Crippen molar-refractivity contribution in [1.29, 1.82) is 0 Å². The second-order valence-corrected chi connectivity index (χ2v) is 6.64. The van der Waals surface area contributed by atoms with Gasteiger partial charge in [-0.1, -0.05) is 18.6 Å². The fourth-order valence-electron chi connectivity index (χ4n) is 2.90. The molecular weight excluding hydrogens is 322 g/mol. The molecule has 7 heteroatoms. The molecule has 3 rings (SSSR count). The van der Waals surface area contributed by atoms with Crippen LogP contribution in [0.4, 0.5) is 11.6 Å². The number of aromatic nitrogens is 2. The molecule has 0 amide bonds. The van der Waals surface area contributed by atoms with E-state index in [1.807, 2.05) is 6.07 Å². The van der Waals surface area contributed by atoms with Crippen molar-refractivity contribution in [2.24, 2.45) is 0 Å². The average Bonchev–Trinajstić information content (AvgIpc) is 3.01. The van der Waals surface area contributed by atoms with E-state index >= 15 is 0 Å². The zero-order valence-corrected chi connectivity index (χ0v) is 14.7. The molecular formula is C17H25N5OS. The van der Waals surface area contributed by atoms with Crippen LogP contribution in [0.1, 0.15) is 31.2 Å². The number of piperidine rings is 1. The van der Waals surface area contributed by atoms with Crippen LogP contribution in [-0.4, -0.2) is 39.9 Å². The van der Waals surface area contributed by atoms with Crippen LogP contribution < -0.4 is 15.8 Å². The molecule has 130 valence electrons. The van der Waals surface area contributed by atoms with Gasteiger partial charge in [0.15, 0.2) is 11.6 Å². The van der Waals surface area contributed by atoms with E-state index < -0.39 is 0 Å². The minimum absolute atomic E-state index is 0.464. The van der Waals surface area contributed by atoms with Crippen LogP contribution in [0.3, 0.4) is 0 Å². The first-order valence-electron chi connectivity index (χ1n) is 8.57. The number of hydrogen-bond acceptors (Lipinski definition) is 7. The number of nitrogens with one attached hydrogen (secondary N) is 1. The number of hydrogen-bond donors (Lipinski definition) is 2. The Morgan fingerprint density at radius 2 is 2.08 bits per heavy atom. The van der Waals surface area contributed by atoms with Gasteiger partial charge >= 0.3 is 0 Å². The maximum absolute atomic E-state index is 5.86. The summed E-state index contributed by atoms with van der Waals surface area (Å²) in [5.41, 5.74) is 7.01. The highest BCUT2D eigenvalue weighted by atomic mass is 32.1. The van der Waals surface area contributed by atoms with E-state index in [4.69, 9.17) is 10.5 Å². The van der Waals surface area contributed by atoms with Crippen molar-refractivity contribution in [3.8, 4) is 5.75 Å². The van der Waals surface area contributed by atoms with Gasteiger partial charge in [-0.2, -0.15) is 8.75 Å². The molecule has 2 heterocycles. The van der Waals surface area contributed by atoms with E-state index in [0.29, 0.717) is 18.2 Å². The number of ether oxygens (including phenoxy) is 1. The van der Waals surface area contributed by atoms with Gasteiger partial charge in [-0.05, 0) is 50.0 Å². The summed E-state index contributed by atoms with van der Waals surface area (Å²) < 4.78 is 13.9. The summed E-state index contributed by atoms with van der Waals surface area (Å²) in [6, 6.07) is 8.44. The van der Waals surface area contributed by atoms with Gasteiger partial charge in [0.25, 0.3) is 0 Å². The predicted octanol–water partition coefficient (Wildman–Crippen LogP) is 2.99. The quantitative estimate of drug-likeness (QED) is 0.715. The summed E-state index contributed by atoms with van der Waals surface area (Å²) in [5.74, 6) is 2.08. The van der Waals surface area contributed by atoms with Gasteiger partial charge in [0, 0.05) is 13.1 Å². The first kappa shape index (κ1) is 17.0. The van der Waals surface area contributed by atoms with Crippen LogP contribution in [0.15, 0.2) is 24.3 Å². The lowest BCUT2D eigenvalue weighted by molar-refractivity contribution is 0.220. The maximum Gasteiger partial charge on any atom is 0.184 e. The molecule has 1 saturated heterocycles. The molecule has 0 unspecified atom stereocenters. The van der Waals surface area contributed by atoms with Gasteiger partial charge < -0.3 is 15.8 Å². The third-order valence-electron chi connectivity index (χ3n) is 4.15. The summed E-state index contributed by atoms with van der Waals surface area (Å²) in [6.45, 7) is 4.88. The zero-order chi connectivity index (χ0) is 16.6. The topological polar surface area (TPSA) is 76.3 Å². The summed E-state index contributed by atoms with van der Waals surface area (Å²) in [5, 5.41) is 3.17. The Bertz CT molecular complexity index is 627. The molecule has 0 bridgehead atoms. The standard InChI is InChI=1S/C17H25N5OS/c18-16-17(21-24-20-16)19-8-5-11-23-15-7-4-6-14(12-15)13-22-9-2-1-3-10-22/h4,6-7,12H,1-3,5,8-11,13H2,(H2,18,20)(H,19,21). The molecule has 1 aromatic carbocycles. The highest BCUT2D eigenvalue weighted by Crippen LogP contribution is 2.18. The first-order chi connectivity index (χ1) is 11.8. The molecule has 24 heavy (non-hydrogen) atoms. The molecule has 0 radical (unpaired) electrons. The normalized spacial score (nSPS) is 15.3. The predicted molar refractivity (Wildman–Crippen MR) is 98.5 cm³/mol. The monoisotopic (exact) mass is 347 g/mol. The highest BCUT2D eigenvalue weighted by molar-refractivity contribution is 6.99. The molecule has 0 aliphatic carbocycles. The Hall–Kier alpha value is -1.86. The zero-order valence-electron chi connectivity index (χ0n) is 13.9. The lowest BCUT2D eigenvalue weighted by Gasteiger charge is -2.26. The fourth-order valence-corrected chi connectivity index (χ4v) is 3.35. The van der Waals surface area contributed by atoms with Crippen molar-refractivity contribution in [1.82, 2.24) is 13.6 Å². The summed E-state index contributed by atoms with van der Waals surface area (Å²) in [7, 11) is 0. The van der Waals surface area contributed by atoms with Crippen LogP contribution in [0.25, 0.3) is 0 Å². The Balaban J connectivity index is 1.39. The van der Waals surface area contributed by atoms with Gasteiger partial charge in [-0.25, -0.2) is 0 Å². The SMILES string of the molecule is Nc1nsnc1NCCCOc1cccc(CN2CCCCC2)c1. The molecule has 6 nitrogen and oxygen atoms in total. The Labute approximate surface area is 147 Å². The number of likely N-dealkylation sites (tertiary alicyclic amines) is 1. The average molecular weight is 347 g/mol. The highest BCUT2D eigenvalue weighted by Gasteiger charge is 2.10. The number of benzene rings is 1. The maximum atomic E-state index is 5.86. The molecule has 0 saturated carbocycles. The molecule has 0 spiro atoms. The van der Waals surface area contributed by atoms with E-state index in [9.17, 15) is 0 Å². The molecule has 2 aromatic rings. The van der Waals surface area contributed by atoms with Crippen molar-refractivity contribution in [2.45, 2.75) is 32.2 Å². The third kappa shape index (κ3) is 5.07. The number of anilines is 2. The van der Waals surface area contributed by atoms with Crippen molar-refractivity contribution in [3.05, 3.63) is 29.8 Å². The van der Waals surface area contributed by atoms with E-state index in [0.717, 1.165) is 37.0 Å². The Kier molecular flexibility index (Phi) is 6.26. The minimum atomic E-state index is 0.464. The van der Waals surface area contributed by atoms with Gasteiger partial charge in [0.05, 0.1) is 18.3 Å². The third-order valence-corrected chi connectivity index (χ3v) is 4.69. The smallest absolute Gasteiger partial charge is 0.184 e. The molecule has 1 aliphatic heterocycles. The lowest BCUT2D eigenvalue weighted by Crippen LogP contribution is -2.29. The fraction of sp³-hybridized carbons (Fsp3) is 0.529. The number of rotatable bonds is 8. The second-order valence-electron chi connectivity index (χ2n) is 6.11. The number of nitrogens with zero attached hydrogens (tertiary/aromatic N) is 3. The number of nitrogens with two attached hydrogens (primary N) is 1. The van der Waals surface area contributed by atoms with Crippen molar-refractivity contribution >= 4 is 23.4 Å². The van der Waals surface area contributed by atoms with Gasteiger partial charge in [0.1, 0.15) is 5.75 Å². The Morgan fingerprint density at radius 3 is 2.88 bits per heavy atom. The van der Waals surface area contributed by atoms with Crippen molar-refractivity contribution < 1.29 is 4.74 Å². The van der Waals surface area contributed by atoms with Gasteiger partial charge in [-0.3, -0.25) is 4.90 Å². The summed E-state index contributed by atoms with van der Waals surface area (Å²) in [4.78, 5) is 2.53. The molecule has 1 aromatic heterocycles. The largest absolute Gasteiger partial charge is 0.494 e. The van der Waals surface area contributed by atoms with E-state index in [1.54, 1.807) is 0 Å². The Morgan fingerprint density at radius 1 is 1.21 bits per heavy atom. The lowest BCUT2D eigenvalue weighted by atomic mass is 10.1. The number of nitrogen functional groups attached to an aromatic ring is 1. The van der Waals surface area contributed by atoms with E-state index in [2.05, 4.69) is 37.2 Å². The van der Waals surface area contributed by atoms with Crippen LogP contribution in [0, 0.1) is 0 Å². The first-order valence-corrected chi connectivity index (χ1v) is 9.30. The van der Waals surface area contributed by atoms with E-state index in [1.165, 1.54) is 37.9 Å². The molecule has 3 N–H and O–H groups in total.